The number of nitrogens with zero attached hydrogens (tertiary/aromatic N) is 5. The van der Waals surface area contributed by atoms with Crippen LogP contribution in [-0.4, -0.2) is 49.0 Å². The zero-order valence-electron chi connectivity index (χ0n) is 22.4. The van der Waals surface area contributed by atoms with Gasteiger partial charge in [-0.15, -0.1) is 0 Å². The fourth-order valence-electron chi connectivity index (χ4n) is 4.03. The van der Waals surface area contributed by atoms with Gasteiger partial charge in [0.2, 0.25) is 5.06 Å². The van der Waals surface area contributed by atoms with Crippen molar-refractivity contribution in [2.75, 3.05) is 13.1 Å². The first-order chi connectivity index (χ1) is 19.0. The maximum atomic E-state index is 14.0. The summed E-state index contributed by atoms with van der Waals surface area (Å²) in [6, 6.07) is 10.3. The topological polar surface area (TPSA) is 91.5 Å². The van der Waals surface area contributed by atoms with Gasteiger partial charge in [-0.2, -0.15) is 9.78 Å². The lowest BCUT2D eigenvalue weighted by atomic mass is 10.2. The first-order valence-electron chi connectivity index (χ1n) is 12.5. The van der Waals surface area contributed by atoms with Crippen LogP contribution >= 0.6 is 11.3 Å². The second-order valence-electron chi connectivity index (χ2n) is 10.2. The fraction of sp³-hybridized carbons (Fsp3) is 0.286. The van der Waals surface area contributed by atoms with E-state index in [2.05, 4.69) is 10.1 Å². The summed E-state index contributed by atoms with van der Waals surface area (Å²) in [6.07, 6.45) is 2.83. The molecular weight excluding hydrogens is 540 g/mol. The number of halogens is 2. The summed E-state index contributed by atoms with van der Waals surface area (Å²) in [5.74, 6) is -0.932. The van der Waals surface area contributed by atoms with E-state index in [1.807, 2.05) is 33.8 Å². The fourth-order valence-corrected chi connectivity index (χ4v) is 4.99. The van der Waals surface area contributed by atoms with Crippen LogP contribution in [-0.2, 0) is 11.3 Å². The molecule has 2 aromatic heterocycles. The Kier molecular flexibility index (Phi) is 7.28. The van der Waals surface area contributed by atoms with Crippen molar-refractivity contribution in [2.45, 2.75) is 39.8 Å². The van der Waals surface area contributed by atoms with E-state index in [1.165, 1.54) is 23.7 Å². The second kappa shape index (κ2) is 10.7. The van der Waals surface area contributed by atoms with Gasteiger partial charge in [0.25, 0.3) is 0 Å². The van der Waals surface area contributed by atoms with Crippen LogP contribution in [0.1, 0.15) is 37.0 Å². The number of ether oxygens (including phenoxy) is 2. The first kappa shape index (κ1) is 27.3. The molecule has 3 heterocycles. The highest BCUT2D eigenvalue weighted by atomic mass is 32.1. The molecule has 4 aromatic rings. The molecule has 0 bridgehead atoms. The molecule has 0 unspecified atom stereocenters. The summed E-state index contributed by atoms with van der Waals surface area (Å²) in [4.78, 5) is 31.4. The van der Waals surface area contributed by atoms with E-state index in [9.17, 15) is 18.4 Å². The number of hydrogen-bond donors (Lipinski definition) is 0. The summed E-state index contributed by atoms with van der Waals surface area (Å²) in [5, 5.41) is 5.45. The third-order valence-corrected chi connectivity index (χ3v) is 7.13. The Morgan fingerprint density at radius 3 is 2.48 bits per heavy atom. The molecule has 0 atom stereocenters. The molecule has 1 amide bonds. The lowest BCUT2D eigenvalue weighted by Gasteiger charge is -2.24. The highest BCUT2D eigenvalue weighted by molar-refractivity contribution is 7.14. The van der Waals surface area contributed by atoms with Crippen LogP contribution in [0.25, 0.3) is 11.3 Å². The minimum absolute atomic E-state index is 0.210. The summed E-state index contributed by atoms with van der Waals surface area (Å²) in [6.45, 7) is 7.91. The predicted octanol–water partition coefficient (Wildman–Crippen LogP) is 5.55. The molecule has 5 rings (SSSR count). The summed E-state index contributed by atoms with van der Waals surface area (Å²) in [7, 11) is 0. The highest BCUT2D eigenvalue weighted by Crippen LogP contribution is 2.36. The molecule has 0 fully saturated rings. The molecule has 0 saturated heterocycles. The average molecular weight is 568 g/mol. The van der Waals surface area contributed by atoms with Crippen molar-refractivity contribution in [3.05, 3.63) is 93.3 Å². The van der Waals surface area contributed by atoms with Gasteiger partial charge in [0.05, 0.1) is 24.5 Å². The number of amides is 1. The normalized spacial score (nSPS) is 13.4. The number of aromatic nitrogens is 4. The Morgan fingerprint density at radius 2 is 1.80 bits per heavy atom. The molecule has 208 valence electrons. The summed E-state index contributed by atoms with van der Waals surface area (Å²) < 4.78 is 41.8. The van der Waals surface area contributed by atoms with Gasteiger partial charge in [0.1, 0.15) is 34.3 Å². The van der Waals surface area contributed by atoms with E-state index >= 15 is 0 Å². The lowest BCUT2D eigenvalue weighted by molar-refractivity contribution is 0.0306. The maximum Gasteiger partial charge on any atom is 0.410 e. The van der Waals surface area contributed by atoms with Gasteiger partial charge in [-0.05, 0) is 64.1 Å². The molecule has 1 aliphatic heterocycles. The van der Waals surface area contributed by atoms with E-state index in [0.717, 1.165) is 32.0 Å². The van der Waals surface area contributed by atoms with Crippen molar-refractivity contribution in [3.8, 4) is 16.5 Å². The zero-order chi connectivity index (χ0) is 28.6. The third kappa shape index (κ3) is 5.81. The highest BCUT2D eigenvalue weighted by Gasteiger charge is 2.27. The molecule has 0 radical (unpaired) electrons. The number of rotatable bonds is 6. The molecule has 9 nitrogen and oxygen atoms in total. The van der Waals surface area contributed by atoms with E-state index in [-0.39, 0.29) is 18.2 Å². The predicted molar refractivity (Wildman–Crippen MR) is 146 cm³/mol. The van der Waals surface area contributed by atoms with E-state index in [0.29, 0.717) is 35.3 Å². The standard InChI is InChI=1S/C28H27F2N5O4S/c1-17-25(40-24(32-17)18-12-13-33(14-18)27(37)39-28(2,3)4)38-20-10-8-19(9-11-20)35-26(36)34(16-31-35)15-21-22(29)6-5-7-23(21)30/h5-12,16H,13-15H2,1-4H3. The number of thiazole rings is 1. The minimum Gasteiger partial charge on any atom is -0.445 e. The molecular formula is C28H27F2N5O4S. The van der Waals surface area contributed by atoms with Crippen LogP contribution in [0.15, 0.2) is 59.7 Å². The SMILES string of the molecule is Cc1nc(C2=CCN(C(=O)OC(C)(C)C)C2)sc1Oc1ccc(-n2ncn(Cc3c(F)cccc3F)c2=O)cc1. The van der Waals surface area contributed by atoms with Gasteiger partial charge >= 0.3 is 11.8 Å². The van der Waals surface area contributed by atoms with Crippen molar-refractivity contribution in [1.29, 1.82) is 0 Å². The van der Waals surface area contributed by atoms with Crippen molar-refractivity contribution in [2.24, 2.45) is 0 Å². The van der Waals surface area contributed by atoms with Crippen LogP contribution in [0, 0.1) is 18.6 Å². The third-order valence-electron chi connectivity index (χ3n) is 6.02. The van der Waals surface area contributed by atoms with E-state index < -0.39 is 22.9 Å². The van der Waals surface area contributed by atoms with Crippen molar-refractivity contribution in [3.63, 3.8) is 0 Å². The number of carbonyl (C=O) groups is 1. The van der Waals surface area contributed by atoms with Gasteiger partial charge in [-0.3, -0.25) is 4.57 Å². The largest absolute Gasteiger partial charge is 0.445 e. The number of benzene rings is 2. The number of aryl methyl sites for hydroxylation is 1. The summed E-state index contributed by atoms with van der Waals surface area (Å²) >= 11 is 1.38. The number of hydrogen-bond acceptors (Lipinski definition) is 7. The van der Waals surface area contributed by atoms with Crippen LogP contribution in [0.2, 0.25) is 0 Å². The molecule has 1 aliphatic rings. The van der Waals surface area contributed by atoms with Crippen molar-refractivity contribution < 1.29 is 23.0 Å². The molecule has 2 aromatic carbocycles. The Labute approximate surface area is 232 Å². The van der Waals surface area contributed by atoms with Crippen molar-refractivity contribution in [1.82, 2.24) is 24.2 Å². The Hall–Kier alpha value is -4.32. The molecule has 0 aliphatic carbocycles. The summed E-state index contributed by atoms with van der Waals surface area (Å²) in [5.41, 5.74) is 0.779. The maximum absolute atomic E-state index is 14.0. The average Bonchev–Trinajstić information content (AvgIpc) is 3.61. The van der Waals surface area contributed by atoms with E-state index in [1.54, 1.807) is 29.2 Å². The molecule has 12 heteroatoms. The van der Waals surface area contributed by atoms with Gasteiger partial charge in [0, 0.05) is 17.7 Å². The Balaban J connectivity index is 1.26. The minimum atomic E-state index is -0.729. The van der Waals surface area contributed by atoms with Crippen LogP contribution < -0.4 is 10.4 Å². The van der Waals surface area contributed by atoms with Crippen molar-refractivity contribution >= 4 is 23.0 Å². The first-order valence-corrected chi connectivity index (χ1v) is 13.3. The lowest BCUT2D eigenvalue weighted by Crippen LogP contribution is -2.35. The van der Waals surface area contributed by atoms with Gasteiger partial charge in [0.15, 0.2) is 0 Å². The molecule has 0 saturated carbocycles. The van der Waals surface area contributed by atoms with Crippen LogP contribution in [0.4, 0.5) is 13.6 Å². The van der Waals surface area contributed by atoms with Gasteiger partial charge in [-0.25, -0.2) is 23.4 Å². The quantitative estimate of drug-likeness (QED) is 0.303. The molecule has 40 heavy (non-hydrogen) atoms. The monoisotopic (exact) mass is 567 g/mol. The van der Waals surface area contributed by atoms with E-state index in [4.69, 9.17) is 9.47 Å². The molecule has 0 N–H and O–H groups in total. The van der Waals surface area contributed by atoms with Gasteiger partial charge < -0.3 is 14.4 Å². The Morgan fingerprint density at radius 1 is 1.10 bits per heavy atom. The van der Waals surface area contributed by atoms with Crippen LogP contribution in [0.3, 0.4) is 0 Å². The van der Waals surface area contributed by atoms with Gasteiger partial charge in [-0.1, -0.05) is 23.5 Å². The van der Waals surface area contributed by atoms with Crippen LogP contribution in [0.5, 0.6) is 10.8 Å². The smallest absolute Gasteiger partial charge is 0.410 e. The number of carbonyl (C=O) groups excluding carboxylic acids is 1. The zero-order valence-corrected chi connectivity index (χ0v) is 23.2. The molecule has 0 spiro atoms. The second-order valence-corrected chi connectivity index (χ2v) is 11.2. The Bertz CT molecular complexity index is 1630.